The summed E-state index contributed by atoms with van der Waals surface area (Å²) < 4.78 is 15.4. The van der Waals surface area contributed by atoms with Crippen LogP contribution in [0.15, 0.2) is 30.6 Å². The minimum absolute atomic E-state index is 0.0375. The molecule has 1 atom stereocenters. The largest absolute Gasteiger partial charge is 0.489 e. The molecule has 0 bridgehead atoms. The molecule has 10 heteroatoms. The predicted octanol–water partition coefficient (Wildman–Crippen LogP) is 4.20. The highest BCUT2D eigenvalue weighted by Gasteiger charge is 2.31. The first-order valence-electron chi connectivity index (χ1n) is 12.7. The third kappa shape index (κ3) is 5.32. The molecule has 2 amide bonds. The van der Waals surface area contributed by atoms with Crippen LogP contribution in [0.1, 0.15) is 47.0 Å². The third-order valence-electron chi connectivity index (χ3n) is 6.45. The zero-order valence-corrected chi connectivity index (χ0v) is 21.4. The number of hydrogen-bond acceptors (Lipinski definition) is 6. The second-order valence-electron chi connectivity index (χ2n) is 10.6. The molecule has 1 saturated carbocycles. The molecule has 2 fully saturated rings. The van der Waals surface area contributed by atoms with Gasteiger partial charge in [0.15, 0.2) is 11.6 Å². The summed E-state index contributed by atoms with van der Waals surface area (Å²) in [5.41, 5.74) is 2.22. The summed E-state index contributed by atoms with van der Waals surface area (Å²) in [7, 11) is 0. The Morgan fingerprint density at radius 3 is 2.72 bits per heavy atom. The zero-order chi connectivity index (χ0) is 25.4. The minimum atomic E-state index is -0.504. The molecule has 192 valence electrons. The molecule has 1 aliphatic heterocycles. The molecule has 1 aliphatic carbocycles. The van der Waals surface area contributed by atoms with E-state index < -0.39 is 5.60 Å². The van der Waals surface area contributed by atoms with Crippen molar-refractivity contribution in [2.45, 2.75) is 59.1 Å². The van der Waals surface area contributed by atoms with Gasteiger partial charge in [0.05, 0.1) is 18.3 Å². The number of nitrogens with zero attached hydrogens (tertiary/aromatic N) is 5. The van der Waals surface area contributed by atoms with Crippen molar-refractivity contribution < 1.29 is 19.1 Å². The van der Waals surface area contributed by atoms with E-state index in [0.29, 0.717) is 37.8 Å². The molecule has 0 spiro atoms. The van der Waals surface area contributed by atoms with Crippen LogP contribution >= 0.6 is 0 Å². The number of anilines is 1. The van der Waals surface area contributed by atoms with Gasteiger partial charge < -0.3 is 19.7 Å². The van der Waals surface area contributed by atoms with E-state index in [0.717, 1.165) is 36.0 Å². The number of amides is 2. The zero-order valence-electron chi connectivity index (χ0n) is 21.4. The number of nitrogens with one attached hydrogen (secondary N) is 1. The number of aromatic nitrogens is 4. The molecule has 4 heterocycles. The first-order valence-corrected chi connectivity index (χ1v) is 12.7. The number of hydrogen-bond donors (Lipinski definition) is 1. The molecule has 3 aromatic heterocycles. The maximum absolute atomic E-state index is 12.4. The quantitative estimate of drug-likeness (QED) is 0.528. The molecule has 0 unspecified atom stereocenters. The van der Waals surface area contributed by atoms with Gasteiger partial charge in [-0.05, 0) is 59.1 Å². The Balaban J connectivity index is 1.28. The van der Waals surface area contributed by atoms with Gasteiger partial charge in [0.2, 0.25) is 5.91 Å². The van der Waals surface area contributed by atoms with Gasteiger partial charge in [-0.25, -0.2) is 9.31 Å². The topological polar surface area (TPSA) is 103 Å². The molecular formula is C26H34N6O4. The number of likely N-dealkylation sites (tertiary alicyclic amines) is 1. The Labute approximate surface area is 210 Å². The number of carbonyl (C=O) groups is 2. The Hall–Kier alpha value is -3.56. The second kappa shape index (κ2) is 9.48. The SMILES string of the molecule is CCn1ncc(OC[C@@H]2CCN(C(=O)OC(C)(C)C)C2)c1-c1ccn2nc(NC(=O)C3CC3)cc2c1. The monoisotopic (exact) mass is 494 g/mol. The van der Waals surface area contributed by atoms with Crippen molar-refractivity contribution in [2.24, 2.45) is 11.8 Å². The fourth-order valence-electron chi connectivity index (χ4n) is 4.45. The molecule has 2 aliphatic rings. The summed E-state index contributed by atoms with van der Waals surface area (Å²) in [5.74, 6) is 1.65. The highest BCUT2D eigenvalue weighted by molar-refractivity contribution is 5.93. The lowest BCUT2D eigenvalue weighted by atomic mass is 10.1. The van der Waals surface area contributed by atoms with E-state index in [4.69, 9.17) is 9.47 Å². The molecule has 3 aromatic rings. The van der Waals surface area contributed by atoms with E-state index in [1.54, 1.807) is 15.6 Å². The Kier molecular flexibility index (Phi) is 6.36. The van der Waals surface area contributed by atoms with Crippen molar-refractivity contribution in [3.05, 3.63) is 30.6 Å². The fourth-order valence-corrected chi connectivity index (χ4v) is 4.45. The molecule has 36 heavy (non-hydrogen) atoms. The summed E-state index contributed by atoms with van der Waals surface area (Å²) in [6.07, 6.45) is 6.13. The van der Waals surface area contributed by atoms with Gasteiger partial charge in [-0.15, -0.1) is 0 Å². The standard InChI is InChI=1S/C26H34N6O4/c1-5-31-23(19-9-11-32-20(12-19)13-22(29-32)28-24(33)18-6-7-18)21(14-27-31)35-16-17-8-10-30(15-17)25(34)36-26(2,3)4/h9,11-14,17-18H,5-8,10,15-16H2,1-4H3,(H,28,29,33)/t17-/m1/s1. The van der Waals surface area contributed by atoms with Gasteiger partial charge in [0.1, 0.15) is 11.3 Å². The van der Waals surface area contributed by atoms with Crippen LogP contribution in [-0.2, 0) is 16.1 Å². The van der Waals surface area contributed by atoms with Crippen molar-refractivity contribution >= 4 is 23.3 Å². The number of ether oxygens (including phenoxy) is 2. The predicted molar refractivity (Wildman–Crippen MR) is 135 cm³/mol. The molecule has 0 radical (unpaired) electrons. The van der Waals surface area contributed by atoms with Crippen LogP contribution in [0, 0.1) is 11.8 Å². The molecule has 10 nitrogen and oxygen atoms in total. The Morgan fingerprint density at radius 2 is 2.00 bits per heavy atom. The first-order chi connectivity index (χ1) is 17.2. The highest BCUT2D eigenvalue weighted by atomic mass is 16.6. The lowest BCUT2D eigenvalue weighted by Crippen LogP contribution is -2.35. The number of pyridine rings is 1. The molecular weight excluding hydrogens is 460 g/mol. The van der Waals surface area contributed by atoms with Gasteiger partial charge in [-0.2, -0.15) is 10.2 Å². The molecule has 0 aromatic carbocycles. The van der Waals surface area contributed by atoms with Gasteiger partial charge in [-0.3, -0.25) is 9.48 Å². The van der Waals surface area contributed by atoms with Crippen LogP contribution in [0.3, 0.4) is 0 Å². The highest BCUT2D eigenvalue weighted by Crippen LogP contribution is 2.33. The summed E-state index contributed by atoms with van der Waals surface area (Å²) in [6.45, 7) is 10.1. The molecule has 1 N–H and O–H groups in total. The summed E-state index contributed by atoms with van der Waals surface area (Å²) >= 11 is 0. The normalized spacial score (nSPS) is 18.0. The van der Waals surface area contributed by atoms with Crippen molar-refractivity contribution in [1.82, 2.24) is 24.3 Å². The van der Waals surface area contributed by atoms with Gasteiger partial charge >= 0.3 is 6.09 Å². The van der Waals surface area contributed by atoms with Gasteiger partial charge in [-0.1, -0.05) is 0 Å². The minimum Gasteiger partial charge on any atom is -0.489 e. The van der Waals surface area contributed by atoms with Gasteiger partial charge in [0.25, 0.3) is 0 Å². The lowest BCUT2D eigenvalue weighted by molar-refractivity contribution is -0.117. The van der Waals surface area contributed by atoms with Crippen molar-refractivity contribution in [1.29, 1.82) is 0 Å². The number of rotatable bonds is 7. The summed E-state index contributed by atoms with van der Waals surface area (Å²) in [4.78, 5) is 26.3. The molecule has 1 saturated heterocycles. The van der Waals surface area contributed by atoms with Crippen molar-refractivity contribution in [3.63, 3.8) is 0 Å². The van der Waals surface area contributed by atoms with Crippen molar-refractivity contribution in [2.75, 3.05) is 25.0 Å². The lowest BCUT2D eigenvalue weighted by Gasteiger charge is -2.24. The van der Waals surface area contributed by atoms with Crippen molar-refractivity contribution in [3.8, 4) is 17.0 Å². The van der Waals surface area contributed by atoms with Crippen LogP contribution in [0.4, 0.5) is 10.6 Å². The molecule has 5 rings (SSSR count). The van der Waals surface area contributed by atoms with Crippen LogP contribution in [0.5, 0.6) is 5.75 Å². The summed E-state index contributed by atoms with van der Waals surface area (Å²) in [5, 5.41) is 11.9. The van der Waals surface area contributed by atoms with E-state index in [-0.39, 0.29) is 23.8 Å². The van der Waals surface area contributed by atoms with E-state index in [1.165, 1.54) is 0 Å². The van der Waals surface area contributed by atoms with Crippen LogP contribution in [-0.4, -0.2) is 61.6 Å². The van der Waals surface area contributed by atoms with Gasteiger partial charge in [0, 0.05) is 49.3 Å². The number of fused-ring (bicyclic) bond motifs is 1. The van der Waals surface area contributed by atoms with Crippen LogP contribution < -0.4 is 10.1 Å². The number of aryl methyl sites for hydroxylation is 1. The Morgan fingerprint density at radius 1 is 1.19 bits per heavy atom. The maximum atomic E-state index is 12.4. The van der Waals surface area contributed by atoms with Crippen LogP contribution in [0.2, 0.25) is 0 Å². The van der Waals surface area contributed by atoms with Crippen LogP contribution in [0.25, 0.3) is 16.8 Å². The smallest absolute Gasteiger partial charge is 0.410 e. The van der Waals surface area contributed by atoms with E-state index >= 15 is 0 Å². The number of carbonyl (C=O) groups excluding carboxylic acids is 2. The Bertz CT molecular complexity index is 1270. The average Bonchev–Trinajstić information content (AvgIpc) is 3.24. The second-order valence-corrected chi connectivity index (χ2v) is 10.6. The fraction of sp³-hybridized carbons (Fsp3) is 0.538. The van der Waals surface area contributed by atoms with E-state index in [1.807, 2.05) is 56.8 Å². The third-order valence-corrected chi connectivity index (χ3v) is 6.45. The van der Waals surface area contributed by atoms with E-state index in [9.17, 15) is 9.59 Å². The summed E-state index contributed by atoms with van der Waals surface area (Å²) in [6, 6.07) is 5.87. The first kappa shape index (κ1) is 24.1. The maximum Gasteiger partial charge on any atom is 0.410 e. The van der Waals surface area contributed by atoms with E-state index in [2.05, 4.69) is 15.5 Å². The average molecular weight is 495 g/mol.